The molecule has 0 radical (unpaired) electrons. The van der Waals surface area contributed by atoms with E-state index < -0.39 is 11.9 Å². The number of nitrogens with one attached hydrogen (secondary N) is 1. The Bertz CT molecular complexity index is 860. The van der Waals surface area contributed by atoms with Gasteiger partial charge in [-0.2, -0.15) is 4.98 Å². The van der Waals surface area contributed by atoms with Crippen LogP contribution in [0, 0.1) is 0 Å². The molecule has 2 aromatic rings. The number of piperidine rings is 1. The zero-order valence-electron chi connectivity index (χ0n) is 18.5. The molecule has 0 unspecified atom stereocenters. The lowest BCUT2D eigenvalue weighted by molar-refractivity contribution is -0.159. The minimum Gasteiger partial charge on any atom is -0.491 e. The van der Waals surface area contributed by atoms with Gasteiger partial charge in [-0.3, -0.25) is 4.98 Å². The summed E-state index contributed by atoms with van der Waals surface area (Å²) >= 11 is 0. The summed E-state index contributed by atoms with van der Waals surface area (Å²) < 4.78 is 11.3. The topological polar surface area (TPSA) is 134 Å². The molecule has 0 aromatic carbocycles. The first kappa shape index (κ1) is 24.9. The van der Waals surface area contributed by atoms with Gasteiger partial charge in [0.1, 0.15) is 5.82 Å². The predicted octanol–water partition coefficient (Wildman–Crippen LogP) is 2.19. The summed E-state index contributed by atoms with van der Waals surface area (Å²) in [4.78, 5) is 29.6. The molecule has 3 heterocycles. The molecule has 3 N–H and O–H groups in total. The van der Waals surface area contributed by atoms with E-state index in [0.29, 0.717) is 17.7 Å². The summed E-state index contributed by atoms with van der Waals surface area (Å²) in [5, 5.41) is 18.2. The number of hydrogen-bond donors (Lipinski definition) is 3. The third-order valence-electron chi connectivity index (χ3n) is 4.68. The standard InChI is InChI=1S/C20H28N4O2.C2H2O4/c1-15(2)26-20-18(25-3)6-7-19(23-20)24(17-8-11-21-12-9-17)14-16-5-4-10-22-13-16;3-1(4)2(5)6/h4-7,10,13,15,17,21H,8-9,11-12,14H2,1-3H3;(H,3,4)(H,5,6). The molecule has 1 saturated heterocycles. The van der Waals surface area contributed by atoms with E-state index >= 15 is 0 Å². The summed E-state index contributed by atoms with van der Waals surface area (Å²) in [7, 11) is 1.64. The maximum Gasteiger partial charge on any atom is 0.414 e. The van der Waals surface area contributed by atoms with Gasteiger partial charge in [0, 0.05) is 25.0 Å². The Morgan fingerprint density at radius 2 is 1.88 bits per heavy atom. The SMILES string of the molecule is COc1ccc(N(Cc2cccnc2)C2CCNCC2)nc1OC(C)C.O=C(O)C(=O)O. The Morgan fingerprint density at radius 1 is 1.19 bits per heavy atom. The Morgan fingerprint density at radius 3 is 2.41 bits per heavy atom. The van der Waals surface area contributed by atoms with Crippen LogP contribution < -0.4 is 19.7 Å². The number of ether oxygens (including phenoxy) is 2. The lowest BCUT2D eigenvalue weighted by Gasteiger charge is -2.36. The number of aliphatic carboxylic acids is 2. The predicted molar refractivity (Wildman–Crippen MR) is 118 cm³/mol. The van der Waals surface area contributed by atoms with Gasteiger partial charge in [-0.15, -0.1) is 0 Å². The number of carboxylic acids is 2. The molecule has 32 heavy (non-hydrogen) atoms. The first-order valence-electron chi connectivity index (χ1n) is 10.4. The molecule has 0 aliphatic carbocycles. The van der Waals surface area contributed by atoms with E-state index in [-0.39, 0.29) is 6.10 Å². The van der Waals surface area contributed by atoms with Gasteiger partial charge >= 0.3 is 11.9 Å². The highest BCUT2D eigenvalue weighted by Crippen LogP contribution is 2.31. The maximum atomic E-state index is 9.10. The number of anilines is 1. The number of methoxy groups -OCH3 is 1. The van der Waals surface area contributed by atoms with Crippen molar-refractivity contribution >= 4 is 17.8 Å². The van der Waals surface area contributed by atoms with Crippen LogP contribution in [-0.4, -0.2) is 64.5 Å². The minimum absolute atomic E-state index is 0.0392. The van der Waals surface area contributed by atoms with E-state index in [4.69, 9.17) is 34.3 Å². The van der Waals surface area contributed by atoms with Gasteiger partial charge in [-0.25, -0.2) is 9.59 Å². The second kappa shape index (κ2) is 12.5. The molecule has 0 saturated carbocycles. The van der Waals surface area contributed by atoms with Crippen LogP contribution in [0.2, 0.25) is 0 Å². The molecular formula is C22H30N4O6. The molecule has 0 spiro atoms. The zero-order valence-corrected chi connectivity index (χ0v) is 18.5. The lowest BCUT2D eigenvalue weighted by atomic mass is 10.0. The van der Waals surface area contributed by atoms with Crippen molar-refractivity contribution < 1.29 is 29.3 Å². The van der Waals surface area contributed by atoms with Crippen LogP contribution in [0.1, 0.15) is 32.3 Å². The van der Waals surface area contributed by atoms with Gasteiger partial charge in [0.15, 0.2) is 5.75 Å². The monoisotopic (exact) mass is 446 g/mol. The normalized spacial score (nSPS) is 13.6. The minimum atomic E-state index is -1.82. The molecule has 3 rings (SSSR count). The van der Waals surface area contributed by atoms with E-state index in [1.807, 2.05) is 38.2 Å². The van der Waals surface area contributed by atoms with Gasteiger partial charge in [0.05, 0.1) is 13.2 Å². The number of nitrogens with zero attached hydrogens (tertiary/aromatic N) is 3. The molecule has 0 amide bonds. The van der Waals surface area contributed by atoms with E-state index in [0.717, 1.165) is 38.3 Å². The first-order chi connectivity index (χ1) is 15.3. The highest BCUT2D eigenvalue weighted by molar-refractivity contribution is 6.27. The molecule has 0 bridgehead atoms. The zero-order chi connectivity index (χ0) is 23.5. The van der Waals surface area contributed by atoms with Crippen LogP contribution in [-0.2, 0) is 16.1 Å². The van der Waals surface area contributed by atoms with Crippen molar-refractivity contribution in [1.82, 2.24) is 15.3 Å². The Hall–Kier alpha value is -3.40. The van der Waals surface area contributed by atoms with E-state index in [9.17, 15) is 0 Å². The van der Waals surface area contributed by atoms with Crippen molar-refractivity contribution in [1.29, 1.82) is 0 Å². The molecule has 0 atom stereocenters. The van der Waals surface area contributed by atoms with Crippen molar-refractivity contribution in [3.8, 4) is 11.6 Å². The third-order valence-corrected chi connectivity index (χ3v) is 4.68. The Kier molecular flexibility index (Phi) is 9.68. The number of aromatic nitrogens is 2. The van der Waals surface area contributed by atoms with Crippen molar-refractivity contribution in [3.05, 3.63) is 42.2 Å². The van der Waals surface area contributed by atoms with Gasteiger partial charge in [0.2, 0.25) is 0 Å². The highest BCUT2D eigenvalue weighted by atomic mass is 16.5. The summed E-state index contributed by atoms with van der Waals surface area (Å²) in [6.07, 6.45) is 5.95. The first-order valence-corrected chi connectivity index (χ1v) is 10.4. The molecule has 1 aliphatic heterocycles. The number of carboxylic acid groups (broad SMARTS) is 2. The Balaban J connectivity index is 0.000000534. The van der Waals surface area contributed by atoms with Gasteiger partial charge in [-0.1, -0.05) is 6.07 Å². The smallest absolute Gasteiger partial charge is 0.414 e. The van der Waals surface area contributed by atoms with Crippen molar-refractivity contribution in [2.45, 2.75) is 45.4 Å². The summed E-state index contributed by atoms with van der Waals surface area (Å²) in [6.45, 7) is 6.82. The maximum absolute atomic E-state index is 9.10. The fourth-order valence-electron chi connectivity index (χ4n) is 3.24. The second-order valence-electron chi connectivity index (χ2n) is 7.42. The molecular weight excluding hydrogens is 416 g/mol. The highest BCUT2D eigenvalue weighted by Gasteiger charge is 2.24. The largest absolute Gasteiger partial charge is 0.491 e. The second-order valence-corrected chi connectivity index (χ2v) is 7.42. The van der Waals surface area contributed by atoms with Crippen LogP contribution in [0.25, 0.3) is 0 Å². The number of pyridine rings is 2. The fraction of sp³-hybridized carbons (Fsp3) is 0.455. The molecule has 10 heteroatoms. The van der Waals surface area contributed by atoms with Crippen LogP contribution in [0.15, 0.2) is 36.7 Å². The summed E-state index contributed by atoms with van der Waals surface area (Å²) in [6, 6.07) is 8.48. The molecule has 174 valence electrons. The van der Waals surface area contributed by atoms with Gasteiger partial charge in [0.25, 0.3) is 5.88 Å². The van der Waals surface area contributed by atoms with E-state index in [1.165, 1.54) is 5.56 Å². The van der Waals surface area contributed by atoms with E-state index in [2.05, 4.69) is 21.3 Å². The van der Waals surface area contributed by atoms with Crippen LogP contribution in [0.3, 0.4) is 0 Å². The van der Waals surface area contributed by atoms with Crippen LogP contribution in [0.5, 0.6) is 11.6 Å². The number of rotatable bonds is 7. The fourth-order valence-corrected chi connectivity index (χ4v) is 3.24. The van der Waals surface area contributed by atoms with Crippen molar-refractivity contribution in [3.63, 3.8) is 0 Å². The summed E-state index contributed by atoms with van der Waals surface area (Å²) in [5.41, 5.74) is 1.18. The quantitative estimate of drug-likeness (QED) is 0.543. The molecule has 1 aliphatic rings. The van der Waals surface area contributed by atoms with Crippen LogP contribution in [0.4, 0.5) is 5.82 Å². The van der Waals surface area contributed by atoms with Crippen molar-refractivity contribution in [2.75, 3.05) is 25.1 Å². The average molecular weight is 447 g/mol. The Labute approximate surface area is 187 Å². The van der Waals surface area contributed by atoms with Crippen LogP contribution >= 0.6 is 0 Å². The average Bonchev–Trinajstić information content (AvgIpc) is 2.78. The molecule has 10 nitrogen and oxygen atoms in total. The molecule has 1 fully saturated rings. The third kappa shape index (κ3) is 7.69. The van der Waals surface area contributed by atoms with Gasteiger partial charge in [-0.05, 0) is 63.5 Å². The van der Waals surface area contributed by atoms with Crippen molar-refractivity contribution in [2.24, 2.45) is 0 Å². The van der Waals surface area contributed by atoms with E-state index in [1.54, 1.807) is 13.3 Å². The lowest BCUT2D eigenvalue weighted by Crippen LogP contribution is -2.43. The molecule has 2 aromatic heterocycles. The van der Waals surface area contributed by atoms with Gasteiger partial charge < -0.3 is 29.9 Å². The number of hydrogen-bond acceptors (Lipinski definition) is 8. The number of carbonyl (C=O) groups is 2. The summed E-state index contributed by atoms with van der Waals surface area (Å²) in [5.74, 6) is -1.53.